The molecule has 0 radical (unpaired) electrons. The minimum absolute atomic E-state index is 1.29. The Balaban J connectivity index is 2.86. The molecule has 0 spiro atoms. The first-order valence-corrected chi connectivity index (χ1v) is 4.57. The highest BCUT2D eigenvalue weighted by Gasteiger charge is 1.90. The van der Waals surface area contributed by atoms with E-state index in [1.165, 1.54) is 16.7 Å². The summed E-state index contributed by atoms with van der Waals surface area (Å²) in [6.45, 7) is 6.35. The lowest BCUT2D eigenvalue weighted by Gasteiger charge is -1.98. The molecule has 1 aromatic rings. The van der Waals surface area contributed by atoms with Gasteiger partial charge in [0.1, 0.15) is 0 Å². The number of hydrogen-bond donors (Lipinski definition) is 0. The fourth-order valence-corrected chi connectivity index (χ4v) is 1.09. The topological polar surface area (TPSA) is 0 Å². The molecule has 0 aliphatic rings. The summed E-state index contributed by atoms with van der Waals surface area (Å²) in [5.74, 6) is 0. The standard InChI is InChI=1S/C13H16/c1-11(2)9-10-12(3)13-7-5-4-6-8-13/h4-10H,1-3H3. The van der Waals surface area contributed by atoms with E-state index in [0.29, 0.717) is 0 Å². The van der Waals surface area contributed by atoms with E-state index in [0.717, 1.165) is 0 Å². The highest BCUT2D eigenvalue weighted by Crippen LogP contribution is 2.12. The zero-order chi connectivity index (χ0) is 9.68. The fourth-order valence-electron chi connectivity index (χ4n) is 1.09. The van der Waals surface area contributed by atoms with Crippen molar-refractivity contribution in [3.8, 4) is 0 Å². The molecule has 0 saturated heterocycles. The van der Waals surface area contributed by atoms with Crippen LogP contribution in [-0.4, -0.2) is 0 Å². The van der Waals surface area contributed by atoms with Crippen LogP contribution < -0.4 is 0 Å². The van der Waals surface area contributed by atoms with Gasteiger partial charge in [0.15, 0.2) is 0 Å². The van der Waals surface area contributed by atoms with Crippen molar-refractivity contribution in [3.63, 3.8) is 0 Å². The predicted molar refractivity (Wildman–Crippen MR) is 59.5 cm³/mol. The third-order valence-electron chi connectivity index (χ3n) is 1.90. The van der Waals surface area contributed by atoms with Gasteiger partial charge in [-0.2, -0.15) is 0 Å². The monoisotopic (exact) mass is 172 g/mol. The van der Waals surface area contributed by atoms with E-state index in [2.05, 4.69) is 57.2 Å². The molecule has 0 heteroatoms. The molecule has 0 fully saturated rings. The van der Waals surface area contributed by atoms with Crippen LogP contribution in [0.3, 0.4) is 0 Å². The van der Waals surface area contributed by atoms with Crippen molar-refractivity contribution in [1.82, 2.24) is 0 Å². The van der Waals surface area contributed by atoms with Crippen LogP contribution in [0.15, 0.2) is 48.1 Å². The maximum Gasteiger partial charge on any atom is -0.0227 e. The minimum atomic E-state index is 1.29. The van der Waals surface area contributed by atoms with Crippen LogP contribution in [-0.2, 0) is 0 Å². The van der Waals surface area contributed by atoms with Crippen molar-refractivity contribution in [2.24, 2.45) is 0 Å². The molecule has 0 amide bonds. The van der Waals surface area contributed by atoms with Crippen LogP contribution in [0, 0.1) is 0 Å². The summed E-state index contributed by atoms with van der Waals surface area (Å²) in [6, 6.07) is 10.4. The molecule has 0 aromatic heterocycles. The van der Waals surface area contributed by atoms with Gasteiger partial charge >= 0.3 is 0 Å². The van der Waals surface area contributed by atoms with Gasteiger partial charge in [0.25, 0.3) is 0 Å². The van der Waals surface area contributed by atoms with Gasteiger partial charge in [-0.25, -0.2) is 0 Å². The highest BCUT2D eigenvalue weighted by atomic mass is 14.0. The minimum Gasteiger partial charge on any atom is -0.0764 e. The molecular weight excluding hydrogens is 156 g/mol. The maximum atomic E-state index is 2.16. The van der Waals surface area contributed by atoms with Gasteiger partial charge in [-0.15, -0.1) is 0 Å². The van der Waals surface area contributed by atoms with Crippen molar-refractivity contribution in [3.05, 3.63) is 53.6 Å². The second-order valence-corrected chi connectivity index (χ2v) is 3.46. The average Bonchev–Trinajstić information content (AvgIpc) is 2.15. The van der Waals surface area contributed by atoms with Crippen LogP contribution in [0.1, 0.15) is 26.3 Å². The molecule has 68 valence electrons. The average molecular weight is 172 g/mol. The van der Waals surface area contributed by atoms with E-state index in [1.54, 1.807) is 0 Å². The van der Waals surface area contributed by atoms with Gasteiger partial charge in [-0.05, 0) is 31.9 Å². The Morgan fingerprint density at radius 2 is 1.54 bits per heavy atom. The zero-order valence-electron chi connectivity index (χ0n) is 8.54. The Bertz CT molecular complexity index is 311. The lowest BCUT2D eigenvalue weighted by Crippen LogP contribution is -1.76. The van der Waals surface area contributed by atoms with Crippen LogP contribution in [0.4, 0.5) is 0 Å². The Kier molecular flexibility index (Phi) is 3.51. The van der Waals surface area contributed by atoms with E-state index in [-0.39, 0.29) is 0 Å². The van der Waals surface area contributed by atoms with Gasteiger partial charge in [-0.1, -0.05) is 48.1 Å². The number of rotatable bonds is 2. The Morgan fingerprint density at radius 1 is 0.923 bits per heavy atom. The predicted octanol–water partition coefficient (Wildman–Crippen LogP) is 4.06. The summed E-state index contributed by atoms with van der Waals surface area (Å²) in [6.07, 6.45) is 4.30. The zero-order valence-corrected chi connectivity index (χ0v) is 8.54. The molecule has 13 heavy (non-hydrogen) atoms. The summed E-state index contributed by atoms with van der Waals surface area (Å²) in [5, 5.41) is 0. The fraction of sp³-hybridized carbons (Fsp3) is 0.231. The van der Waals surface area contributed by atoms with Crippen LogP contribution in [0.2, 0.25) is 0 Å². The highest BCUT2D eigenvalue weighted by molar-refractivity contribution is 5.65. The van der Waals surface area contributed by atoms with Crippen LogP contribution in [0.5, 0.6) is 0 Å². The quantitative estimate of drug-likeness (QED) is 0.590. The number of benzene rings is 1. The molecule has 1 aromatic carbocycles. The van der Waals surface area contributed by atoms with E-state index in [9.17, 15) is 0 Å². The summed E-state index contributed by atoms with van der Waals surface area (Å²) in [4.78, 5) is 0. The number of hydrogen-bond acceptors (Lipinski definition) is 0. The van der Waals surface area contributed by atoms with Crippen molar-refractivity contribution < 1.29 is 0 Å². The Labute approximate surface area is 80.6 Å². The van der Waals surface area contributed by atoms with Crippen LogP contribution in [0.25, 0.3) is 5.57 Å². The first-order valence-electron chi connectivity index (χ1n) is 4.57. The third-order valence-corrected chi connectivity index (χ3v) is 1.90. The first-order chi connectivity index (χ1) is 6.20. The molecule has 0 saturated carbocycles. The maximum absolute atomic E-state index is 2.16. The molecule has 0 heterocycles. The Morgan fingerprint density at radius 3 is 2.08 bits per heavy atom. The molecule has 0 N–H and O–H groups in total. The van der Waals surface area contributed by atoms with Gasteiger partial charge in [-0.3, -0.25) is 0 Å². The largest absolute Gasteiger partial charge is 0.0764 e. The van der Waals surface area contributed by atoms with Crippen LogP contribution >= 0.6 is 0 Å². The van der Waals surface area contributed by atoms with E-state index in [1.807, 2.05) is 6.07 Å². The molecule has 0 aliphatic carbocycles. The summed E-state index contributed by atoms with van der Waals surface area (Å²) < 4.78 is 0. The number of allylic oxidation sites excluding steroid dienone is 4. The summed E-state index contributed by atoms with van der Waals surface area (Å²) >= 11 is 0. The smallest absolute Gasteiger partial charge is 0.0227 e. The molecule has 0 aliphatic heterocycles. The lowest BCUT2D eigenvalue weighted by molar-refractivity contribution is 1.39. The van der Waals surface area contributed by atoms with Gasteiger partial charge in [0.05, 0.1) is 0 Å². The molecular formula is C13H16. The molecule has 0 bridgehead atoms. The SMILES string of the molecule is CC(C)=CC=C(C)c1ccccc1. The molecule has 0 atom stereocenters. The lowest BCUT2D eigenvalue weighted by atomic mass is 10.1. The van der Waals surface area contributed by atoms with Gasteiger partial charge in [0, 0.05) is 0 Å². The van der Waals surface area contributed by atoms with Crippen molar-refractivity contribution in [2.45, 2.75) is 20.8 Å². The molecule has 0 nitrogen and oxygen atoms in total. The van der Waals surface area contributed by atoms with Gasteiger partial charge < -0.3 is 0 Å². The second kappa shape index (κ2) is 4.66. The first kappa shape index (κ1) is 9.79. The van der Waals surface area contributed by atoms with E-state index >= 15 is 0 Å². The molecule has 0 unspecified atom stereocenters. The summed E-state index contributed by atoms with van der Waals surface area (Å²) in [5.41, 5.74) is 3.93. The van der Waals surface area contributed by atoms with Crippen molar-refractivity contribution in [1.29, 1.82) is 0 Å². The van der Waals surface area contributed by atoms with E-state index in [4.69, 9.17) is 0 Å². The second-order valence-electron chi connectivity index (χ2n) is 3.46. The van der Waals surface area contributed by atoms with E-state index < -0.39 is 0 Å². The third kappa shape index (κ3) is 3.29. The normalized spacial score (nSPS) is 11.2. The Hall–Kier alpha value is -1.30. The van der Waals surface area contributed by atoms with Gasteiger partial charge in [0.2, 0.25) is 0 Å². The summed E-state index contributed by atoms with van der Waals surface area (Å²) in [7, 11) is 0. The van der Waals surface area contributed by atoms with Crippen molar-refractivity contribution in [2.75, 3.05) is 0 Å². The van der Waals surface area contributed by atoms with Crippen molar-refractivity contribution >= 4 is 5.57 Å². The molecule has 1 rings (SSSR count).